The summed E-state index contributed by atoms with van der Waals surface area (Å²) in [5.41, 5.74) is 0.656. The summed E-state index contributed by atoms with van der Waals surface area (Å²) < 4.78 is 4.95. The molecule has 18 heavy (non-hydrogen) atoms. The van der Waals surface area contributed by atoms with E-state index in [2.05, 4.69) is 10.3 Å². The van der Waals surface area contributed by atoms with Crippen LogP contribution in [0.5, 0.6) is 0 Å². The lowest BCUT2D eigenvalue weighted by molar-refractivity contribution is 0.135. The van der Waals surface area contributed by atoms with Gasteiger partial charge in [-0.3, -0.25) is 9.78 Å². The maximum atomic E-state index is 11.4. The molecule has 5 heteroatoms. The van der Waals surface area contributed by atoms with Crippen molar-refractivity contribution in [2.75, 3.05) is 0 Å². The summed E-state index contributed by atoms with van der Waals surface area (Å²) in [5, 5.41) is 2.46. The van der Waals surface area contributed by atoms with Gasteiger partial charge < -0.3 is 10.1 Å². The monoisotopic (exact) mass is 249 g/mol. The second kappa shape index (κ2) is 7.42. The van der Waals surface area contributed by atoms with Gasteiger partial charge in [-0.05, 0) is 24.5 Å². The molecule has 0 saturated carbocycles. The number of alkyl carbamates (subject to hydrolysis) is 1. The minimum atomic E-state index is -0.630. The fraction of sp³-hybridized carbons (Fsp3) is 0.462. The van der Waals surface area contributed by atoms with Crippen LogP contribution < -0.4 is 5.32 Å². The third-order valence-electron chi connectivity index (χ3n) is 2.22. The number of carbonyl (C=O) groups is 1. The maximum absolute atomic E-state index is 11.4. The van der Waals surface area contributed by atoms with Gasteiger partial charge in [-0.1, -0.05) is 19.9 Å². The minimum absolute atomic E-state index is 0.0833. The molecule has 0 spiro atoms. The van der Waals surface area contributed by atoms with Gasteiger partial charge in [0.15, 0.2) is 0 Å². The van der Waals surface area contributed by atoms with Crippen molar-refractivity contribution in [1.29, 1.82) is 0 Å². The van der Waals surface area contributed by atoms with Crippen LogP contribution in [0.1, 0.15) is 26.0 Å². The third kappa shape index (κ3) is 5.43. The first-order chi connectivity index (χ1) is 8.61. The second-order valence-corrected chi connectivity index (χ2v) is 4.34. The van der Waals surface area contributed by atoms with E-state index >= 15 is 0 Å². The molecule has 97 valence electrons. The van der Waals surface area contributed by atoms with Gasteiger partial charge in [0, 0.05) is 6.20 Å². The number of aromatic nitrogens is 1. The highest BCUT2D eigenvalue weighted by Gasteiger charge is 2.14. The van der Waals surface area contributed by atoms with Crippen molar-refractivity contribution >= 4 is 12.4 Å². The number of rotatable bonds is 6. The zero-order valence-corrected chi connectivity index (χ0v) is 10.6. The quantitative estimate of drug-likeness (QED) is 0.835. The molecule has 0 aromatic carbocycles. The predicted molar refractivity (Wildman–Crippen MR) is 66.5 cm³/mol. The summed E-state index contributed by atoms with van der Waals surface area (Å²) in [6, 6.07) is 4.72. The lowest BCUT2D eigenvalue weighted by Gasteiger charge is -2.13. The predicted octanol–water partition coefficient (Wildman–Crippen LogP) is 1.83. The van der Waals surface area contributed by atoms with Gasteiger partial charge in [-0.25, -0.2) is 4.79 Å². The Kier molecular flexibility index (Phi) is 5.84. The minimum Gasteiger partial charge on any atom is -0.443 e. The summed E-state index contributed by atoms with van der Waals surface area (Å²) in [6.45, 7) is 4.01. The SMILES string of the molecule is CC(C)C[C@@H]([C]=O)NC(=O)OCc1ccccn1. The van der Waals surface area contributed by atoms with Crippen LogP contribution in [-0.2, 0) is 16.1 Å². The van der Waals surface area contributed by atoms with Gasteiger partial charge in [0.2, 0.25) is 6.29 Å². The van der Waals surface area contributed by atoms with E-state index in [4.69, 9.17) is 4.74 Å². The molecule has 0 bridgehead atoms. The summed E-state index contributed by atoms with van der Waals surface area (Å²) >= 11 is 0. The summed E-state index contributed by atoms with van der Waals surface area (Å²) in [6.07, 6.45) is 3.32. The zero-order valence-electron chi connectivity index (χ0n) is 10.6. The van der Waals surface area contributed by atoms with Crippen LogP contribution in [0.25, 0.3) is 0 Å². The number of amides is 1. The van der Waals surface area contributed by atoms with E-state index in [1.54, 1.807) is 24.6 Å². The smallest absolute Gasteiger partial charge is 0.408 e. The molecule has 1 amide bonds. The average Bonchev–Trinajstić information content (AvgIpc) is 2.36. The van der Waals surface area contributed by atoms with Crippen LogP contribution >= 0.6 is 0 Å². The van der Waals surface area contributed by atoms with Gasteiger partial charge in [0.1, 0.15) is 6.61 Å². The lowest BCUT2D eigenvalue weighted by atomic mass is 10.1. The van der Waals surface area contributed by atoms with Crippen molar-refractivity contribution in [3.63, 3.8) is 0 Å². The van der Waals surface area contributed by atoms with Crippen LogP contribution in [-0.4, -0.2) is 23.4 Å². The van der Waals surface area contributed by atoms with Crippen LogP contribution in [0.4, 0.5) is 4.79 Å². The molecule has 1 atom stereocenters. The molecular formula is C13H17N2O3. The van der Waals surface area contributed by atoms with Crippen molar-refractivity contribution in [3.05, 3.63) is 30.1 Å². The first-order valence-electron chi connectivity index (χ1n) is 5.82. The summed E-state index contributed by atoms with van der Waals surface area (Å²) in [7, 11) is 0. The molecule has 1 heterocycles. The Morgan fingerprint density at radius 2 is 2.28 bits per heavy atom. The van der Waals surface area contributed by atoms with E-state index in [1.807, 2.05) is 19.9 Å². The highest BCUT2D eigenvalue weighted by Crippen LogP contribution is 2.03. The highest BCUT2D eigenvalue weighted by atomic mass is 16.5. The van der Waals surface area contributed by atoms with Crippen molar-refractivity contribution in [3.8, 4) is 0 Å². The van der Waals surface area contributed by atoms with Crippen molar-refractivity contribution in [2.45, 2.75) is 32.9 Å². The first kappa shape index (κ1) is 14.2. The molecule has 1 N–H and O–H groups in total. The number of hydrogen-bond acceptors (Lipinski definition) is 4. The highest BCUT2D eigenvalue weighted by molar-refractivity contribution is 5.73. The second-order valence-electron chi connectivity index (χ2n) is 4.34. The van der Waals surface area contributed by atoms with E-state index in [9.17, 15) is 9.59 Å². The fourth-order valence-corrected chi connectivity index (χ4v) is 1.41. The standard InChI is InChI=1S/C13H17N2O3/c1-10(2)7-12(8-16)15-13(17)18-9-11-5-3-4-6-14-11/h3-6,10,12H,7,9H2,1-2H3,(H,15,17)/t12-/m0/s1. The molecule has 0 aliphatic heterocycles. The topological polar surface area (TPSA) is 68.3 Å². The van der Waals surface area contributed by atoms with E-state index in [-0.39, 0.29) is 6.61 Å². The summed E-state index contributed by atoms with van der Waals surface area (Å²) in [4.78, 5) is 26.1. The molecule has 0 fully saturated rings. The molecular weight excluding hydrogens is 232 g/mol. The van der Waals surface area contributed by atoms with E-state index in [1.165, 1.54) is 0 Å². The molecule has 0 aliphatic rings. The molecule has 1 rings (SSSR count). The molecule has 0 unspecified atom stereocenters. The number of nitrogens with one attached hydrogen (secondary N) is 1. The first-order valence-corrected chi connectivity index (χ1v) is 5.82. The van der Waals surface area contributed by atoms with E-state index in [0.717, 1.165) is 0 Å². The van der Waals surface area contributed by atoms with Crippen LogP contribution in [0.2, 0.25) is 0 Å². The van der Waals surface area contributed by atoms with E-state index < -0.39 is 12.1 Å². The average molecular weight is 249 g/mol. The Hall–Kier alpha value is -1.91. The van der Waals surface area contributed by atoms with Gasteiger partial charge in [-0.15, -0.1) is 0 Å². The van der Waals surface area contributed by atoms with Crippen molar-refractivity contribution in [2.24, 2.45) is 5.92 Å². The number of hydrogen-bond donors (Lipinski definition) is 1. The van der Waals surface area contributed by atoms with Crippen molar-refractivity contribution in [1.82, 2.24) is 10.3 Å². The maximum Gasteiger partial charge on any atom is 0.408 e. The third-order valence-corrected chi connectivity index (χ3v) is 2.22. The zero-order chi connectivity index (χ0) is 13.4. The Bertz CT molecular complexity index is 379. The normalized spacial score (nSPS) is 11.9. The molecule has 1 aromatic heterocycles. The Morgan fingerprint density at radius 3 is 2.83 bits per heavy atom. The van der Waals surface area contributed by atoms with Crippen LogP contribution in [0.15, 0.2) is 24.4 Å². The molecule has 0 aliphatic carbocycles. The van der Waals surface area contributed by atoms with Gasteiger partial charge in [0.05, 0.1) is 11.7 Å². The Morgan fingerprint density at radius 1 is 1.50 bits per heavy atom. The van der Waals surface area contributed by atoms with Crippen molar-refractivity contribution < 1.29 is 14.3 Å². The molecule has 1 radical (unpaired) electrons. The summed E-state index contributed by atoms with van der Waals surface area (Å²) in [5.74, 6) is 0.299. The van der Waals surface area contributed by atoms with Crippen LogP contribution in [0, 0.1) is 5.92 Å². The molecule has 5 nitrogen and oxygen atoms in total. The number of ether oxygens (including phenoxy) is 1. The van der Waals surface area contributed by atoms with Gasteiger partial charge >= 0.3 is 6.09 Å². The number of nitrogens with zero attached hydrogens (tertiary/aromatic N) is 1. The van der Waals surface area contributed by atoms with Gasteiger partial charge in [0.25, 0.3) is 0 Å². The van der Waals surface area contributed by atoms with Crippen LogP contribution in [0.3, 0.4) is 0 Å². The Labute approximate surface area is 107 Å². The lowest BCUT2D eigenvalue weighted by Crippen LogP contribution is -2.37. The van der Waals surface area contributed by atoms with E-state index in [0.29, 0.717) is 18.0 Å². The largest absolute Gasteiger partial charge is 0.443 e. The number of pyridine rings is 1. The fourth-order valence-electron chi connectivity index (χ4n) is 1.41. The number of carbonyl (C=O) groups excluding carboxylic acids is 2. The Balaban J connectivity index is 2.34. The van der Waals surface area contributed by atoms with Gasteiger partial charge in [-0.2, -0.15) is 0 Å². The molecule has 0 saturated heterocycles. The molecule has 1 aromatic rings.